The highest BCUT2D eigenvalue weighted by molar-refractivity contribution is 7.80. The van der Waals surface area contributed by atoms with E-state index in [9.17, 15) is 0 Å². The number of benzene rings is 1. The van der Waals surface area contributed by atoms with E-state index in [1.165, 1.54) is 0 Å². The maximum absolute atomic E-state index is 6.17. The second-order valence-electron chi connectivity index (χ2n) is 4.48. The van der Waals surface area contributed by atoms with Crippen LogP contribution in [0.5, 0.6) is 0 Å². The summed E-state index contributed by atoms with van der Waals surface area (Å²) in [5.74, 6) is 0.869. The van der Waals surface area contributed by atoms with Gasteiger partial charge in [0.25, 0.3) is 0 Å². The molecule has 2 rings (SSSR count). The van der Waals surface area contributed by atoms with E-state index in [-0.39, 0.29) is 0 Å². The first-order valence-electron chi connectivity index (χ1n) is 6.32. The number of para-hydroxylation sites is 1. The predicted molar refractivity (Wildman–Crippen MR) is 84.2 cm³/mol. The van der Waals surface area contributed by atoms with E-state index >= 15 is 0 Å². The standard InChI is InChI=1S/C13H16ClN5S/c1-18(11-7-4-3-6-10(11)14)13(20)9-5-8-12-15-16-17-19(12)2/h3-4,6-7H,5,8-9H2,1-2H3. The number of aryl methyl sites for hydroxylation is 2. The fourth-order valence-electron chi connectivity index (χ4n) is 1.88. The zero-order valence-corrected chi connectivity index (χ0v) is 13.0. The van der Waals surface area contributed by atoms with Crippen molar-refractivity contribution in [3.05, 3.63) is 35.1 Å². The molecule has 0 spiro atoms. The van der Waals surface area contributed by atoms with Crippen LogP contribution < -0.4 is 4.90 Å². The molecule has 0 aliphatic carbocycles. The fourth-order valence-corrected chi connectivity index (χ4v) is 2.39. The van der Waals surface area contributed by atoms with E-state index in [0.29, 0.717) is 5.02 Å². The Morgan fingerprint density at radius 2 is 2.15 bits per heavy atom. The average Bonchev–Trinajstić information content (AvgIpc) is 2.84. The van der Waals surface area contributed by atoms with Gasteiger partial charge in [0.05, 0.1) is 15.7 Å². The van der Waals surface area contributed by atoms with Gasteiger partial charge in [-0.3, -0.25) is 0 Å². The van der Waals surface area contributed by atoms with Gasteiger partial charge in [0.2, 0.25) is 0 Å². The predicted octanol–water partition coefficient (Wildman–Crippen LogP) is 2.65. The smallest absolute Gasteiger partial charge is 0.150 e. The fraction of sp³-hybridized carbons (Fsp3) is 0.385. The molecule has 2 aromatic rings. The Hall–Kier alpha value is -1.53. The average molecular weight is 310 g/mol. The SMILES string of the molecule is CN(C(=S)CCCc1nnnn1C)c1ccccc1Cl. The first kappa shape index (κ1) is 14.9. The molecule has 20 heavy (non-hydrogen) atoms. The molecular weight excluding hydrogens is 294 g/mol. The monoisotopic (exact) mass is 309 g/mol. The molecule has 106 valence electrons. The summed E-state index contributed by atoms with van der Waals surface area (Å²) in [5, 5.41) is 12.1. The van der Waals surface area contributed by atoms with E-state index in [1.54, 1.807) is 4.68 Å². The van der Waals surface area contributed by atoms with Crippen molar-refractivity contribution < 1.29 is 0 Å². The highest BCUT2D eigenvalue weighted by atomic mass is 35.5. The normalized spacial score (nSPS) is 10.6. The first-order valence-corrected chi connectivity index (χ1v) is 7.10. The molecule has 0 fully saturated rings. The van der Waals surface area contributed by atoms with Gasteiger partial charge in [0, 0.05) is 20.5 Å². The van der Waals surface area contributed by atoms with Crippen LogP contribution in [0.1, 0.15) is 18.7 Å². The minimum absolute atomic E-state index is 0.704. The van der Waals surface area contributed by atoms with Gasteiger partial charge in [-0.2, -0.15) is 0 Å². The van der Waals surface area contributed by atoms with Crippen molar-refractivity contribution in [1.29, 1.82) is 0 Å². The molecule has 0 saturated heterocycles. The van der Waals surface area contributed by atoms with Gasteiger partial charge in [-0.25, -0.2) is 4.68 Å². The van der Waals surface area contributed by atoms with Gasteiger partial charge in [0.15, 0.2) is 5.82 Å². The van der Waals surface area contributed by atoms with Crippen LogP contribution in [0.15, 0.2) is 24.3 Å². The molecule has 0 unspecified atom stereocenters. The number of tetrazole rings is 1. The van der Waals surface area contributed by atoms with E-state index in [2.05, 4.69) is 15.5 Å². The lowest BCUT2D eigenvalue weighted by molar-refractivity contribution is 0.663. The van der Waals surface area contributed by atoms with Gasteiger partial charge in [-0.1, -0.05) is 36.0 Å². The second kappa shape index (κ2) is 6.76. The Labute approximate surface area is 128 Å². The Balaban J connectivity index is 1.89. The number of aromatic nitrogens is 4. The van der Waals surface area contributed by atoms with E-state index < -0.39 is 0 Å². The van der Waals surface area contributed by atoms with Crippen LogP contribution in [-0.4, -0.2) is 32.2 Å². The molecule has 0 radical (unpaired) electrons. The lowest BCUT2D eigenvalue weighted by Crippen LogP contribution is -2.24. The van der Waals surface area contributed by atoms with Gasteiger partial charge in [-0.15, -0.1) is 5.10 Å². The van der Waals surface area contributed by atoms with Crippen molar-refractivity contribution in [2.24, 2.45) is 7.05 Å². The second-order valence-corrected chi connectivity index (χ2v) is 5.35. The van der Waals surface area contributed by atoms with Crippen molar-refractivity contribution >= 4 is 34.5 Å². The zero-order chi connectivity index (χ0) is 14.5. The molecule has 1 aromatic carbocycles. The summed E-state index contributed by atoms with van der Waals surface area (Å²) in [7, 11) is 3.77. The molecule has 1 heterocycles. The highest BCUT2D eigenvalue weighted by Gasteiger charge is 2.10. The topological polar surface area (TPSA) is 46.8 Å². The van der Waals surface area contributed by atoms with Crippen LogP contribution in [-0.2, 0) is 13.5 Å². The summed E-state index contributed by atoms with van der Waals surface area (Å²) >= 11 is 11.6. The lowest BCUT2D eigenvalue weighted by atomic mass is 10.2. The molecule has 0 aliphatic heterocycles. The van der Waals surface area contributed by atoms with Gasteiger partial charge in [0.1, 0.15) is 0 Å². The van der Waals surface area contributed by atoms with Crippen molar-refractivity contribution in [2.75, 3.05) is 11.9 Å². The van der Waals surface area contributed by atoms with E-state index in [1.807, 2.05) is 43.3 Å². The molecule has 0 saturated carbocycles. The minimum atomic E-state index is 0.704. The van der Waals surface area contributed by atoms with E-state index in [4.69, 9.17) is 23.8 Å². The molecule has 0 atom stereocenters. The largest absolute Gasteiger partial charge is 0.338 e. The van der Waals surface area contributed by atoms with Crippen LogP contribution in [0, 0.1) is 0 Å². The third kappa shape index (κ3) is 3.52. The van der Waals surface area contributed by atoms with E-state index in [0.717, 1.165) is 35.8 Å². The maximum atomic E-state index is 6.17. The molecule has 7 heteroatoms. The van der Waals surface area contributed by atoms with Crippen LogP contribution in [0.25, 0.3) is 0 Å². The molecule has 0 aliphatic rings. The highest BCUT2D eigenvalue weighted by Crippen LogP contribution is 2.25. The van der Waals surface area contributed by atoms with Crippen LogP contribution in [0.4, 0.5) is 5.69 Å². The van der Waals surface area contributed by atoms with Crippen molar-refractivity contribution in [3.63, 3.8) is 0 Å². The van der Waals surface area contributed by atoms with Crippen molar-refractivity contribution in [2.45, 2.75) is 19.3 Å². The Morgan fingerprint density at radius 1 is 1.40 bits per heavy atom. The summed E-state index contributed by atoms with van der Waals surface area (Å²) < 4.78 is 1.68. The Morgan fingerprint density at radius 3 is 2.80 bits per heavy atom. The number of anilines is 1. The third-order valence-electron chi connectivity index (χ3n) is 3.09. The minimum Gasteiger partial charge on any atom is -0.338 e. The molecule has 0 bridgehead atoms. The number of hydrogen-bond acceptors (Lipinski definition) is 4. The Kier molecular flexibility index (Phi) is 5.03. The number of thiocarbonyl (C=S) groups is 1. The van der Waals surface area contributed by atoms with Crippen molar-refractivity contribution in [3.8, 4) is 0 Å². The Bertz CT molecular complexity index is 598. The quantitative estimate of drug-likeness (QED) is 0.795. The number of nitrogens with zero attached hydrogens (tertiary/aromatic N) is 5. The number of rotatable bonds is 5. The van der Waals surface area contributed by atoms with Crippen LogP contribution >= 0.6 is 23.8 Å². The third-order valence-corrected chi connectivity index (χ3v) is 3.88. The summed E-state index contributed by atoms with van der Waals surface area (Å²) in [5.41, 5.74) is 0.930. The summed E-state index contributed by atoms with van der Waals surface area (Å²) in [6.07, 6.45) is 2.51. The van der Waals surface area contributed by atoms with Gasteiger partial charge >= 0.3 is 0 Å². The summed E-state index contributed by atoms with van der Waals surface area (Å²) in [6.45, 7) is 0. The van der Waals surface area contributed by atoms with Crippen molar-refractivity contribution in [1.82, 2.24) is 20.2 Å². The number of halogens is 1. The number of hydrogen-bond donors (Lipinski definition) is 0. The maximum Gasteiger partial charge on any atom is 0.150 e. The molecule has 0 amide bonds. The molecule has 0 N–H and O–H groups in total. The summed E-state index contributed by atoms with van der Waals surface area (Å²) in [6, 6.07) is 7.68. The molecule has 5 nitrogen and oxygen atoms in total. The first-order chi connectivity index (χ1) is 9.59. The zero-order valence-electron chi connectivity index (χ0n) is 11.5. The van der Waals surface area contributed by atoms with Crippen LogP contribution in [0.3, 0.4) is 0 Å². The molecular formula is C13H16ClN5S. The van der Waals surface area contributed by atoms with Gasteiger partial charge in [-0.05, 0) is 35.4 Å². The van der Waals surface area contributed by atoms with Crippen LogP contribution in [0.2, 0.25) is 5.02 Å². The van der Waals surface area contributed by atoms with Gasteiger partial charge < -0.3 is 4.90 Å². The summed E-state index contributed by atoms with van der Waals surface area (Å²) in [4.78, 5) is 2.81. The lowest BCUT2D eigenvalue weighted by Gasteiger charge is -2.21. The molecule has 1 aromatic heterocycles.